The van der Waals surface area contributed by atoms with Crippen molar-refractivity contribution in [3.8, 4) is 12.3 Å². The van der Waals surface area contributed by atoms with Gasteiger partial charge in [0.1, 0.15) is 29.3 Å². The zero-order valence-corrected chi connectivity index (χ0v) is 27.7. The molecular weight excluding hydrogens is 578 g/mol. The highest BCUT2D eigenvalue weighted by Gasteiger charge is 2.37. The van der Waals surface area contributed by atoms with E-state index in [1.54, 1.807) is 65.8 Å². The van der Waals surface area contributed by atoms with E-state index in [9.17, 15) is 19.2 Å². The summed E-state index contributed by atoms with van der Waals surface area (Å²) in [7, 11) is 1.47. The van der Waals surface area contributed by atoms with Crippen LogP contribution in [-0.2, 0) is 30.3 Å². The van der Waals surface area contributed by atoms with Gasteiger partial charge in [0.05, 0.1) is 0 Å². The molecule has 0 spiro atoms. The van der Waals surface area contributed by atoms with Crippen molar-refractivity contribution in [2.45, 2.75) is 83.7 Å². The van der Waals surface area contributed by atoms with Crippen molar-refractivity contribution in [2.24, 2.45) is 0 Å². The van der Waals surface area contributed by atoms with Crippen molar-refractivity contribution in [2.75, 3.05) is 19.1 Å². The molecule has 0 radical (unpaired) electrons. The molecule has 0 heterocycles. The number of benzene rings is 2. The summed E-state index contributed by atoms with van der Waals surface area (Å²) in [6, 6.07) is 12.8. The molecule has 3 unspecified atom stereocenters. The monoisotopic (exact) mass is 623 g/mol. The quantitative estimate of drug-likeness (QED) is 0.256. The Morgan fingerprint density at radius 3 is 2.05 bits per heavy atom. The molecule has 2 aromatic carbocycles. The van der Waals surface area contributed by atoms with Crippen LogP contribution in [0.3, 0.4) is 0 Å². The molecule has 0 fully saturated rings. The maximum Gasteiger partial charge on any atom is 0.408 e. The van der Waals surface area contributed by atoms with E-state index in [1.807, 2.05) is 36.6 Å². The third kappa shape index (κ3) is 11.6. The van der Waals surface area contributed by atoms with Gasteiger partial charge in [0, 0.05) is 19.0 Å². The first-order valence-electron chi connectivity index (χ1n) is 14.4. The van der Waals surface area contributed by atoms with Crippen molar-refractivity contribution < 1.29 is 28.7 Å². The third-order valence-electron chi connectivity index (χ3n) is 6.28. The molecule has 44 heavy (non-hydrogen) atoms. The van der Waals surface area contributed by atoms with Crippen LogP contribution in [0.4, 0.5) is 4.79 Å². The van der Waals surface area contributed by atoms with Crippen molar-refractivity contribution in [3.05, 3.63) is 71.3 Å². The number of thioether (sulfide) groups is 1. The van der Waals surface area contributed by atoms with Gasteiger partial charge < -0.3 is 25.0 Å². The van der Waals surface area contributed by atoms with Gasteiger partial charge in [-0.25, -0.2) is 9.59 Å². The van der Waals surface area contributed by atoms with Gasteiger partial charge in [0.15, 0.2) is 0 Å². The number of rotatable bonds is 12. The lowest BCUT2D eigenvalue weighted by Crippen LogP contribution is -2.54. The van der Waals surface area contributed by atoms with E-state index in [-0.39, 0.29) is 6.42 Å². The predicted octanol–water partition coefficient (Wildman–Crippen LogP) is 4.88. The maximum atomic E-state index is 14.2. The highest BCUT2D eigenvalue weighted by atomic mass is 32.2. The number of carbonyl (C=O) groups is 4. The Balaban J connectivity index is 2.52. The number of amides is 3. The van der Waals surface area contributed by atoms with Crippen molar-refractivity contribution in [1.29, 1.82) is 0 Å². The standard InChI is InChI=1S/C34H45N3O6S/c1-10-24-18-14-15-19-25(24)28(37(8)30(39)26(20-21-44-9)36-32(41)43-34(5,6)7)29(38)35-27(31(40)42-33(2,3)4)22-23-16-12-11-13-17-23/h1,11-19,26-28H,20-22H2,2-9H3,(H,35,38)(H,36,41). The number of nitrogens with zero attached hydrogens (tertiary/aromatic N) is 1. The Morgan fingerprint density at radius 2 is 1.48 bits per heavy atom. The second-order valence-electron chi connectivity index (χ2n) is 12.3. The second kappa shape index (κ2) is 16.2. The van der Waals surface area contributed by atoms with Crippen molar-refractivity contribution in [1.82, 2.24) is 15.5 Å². The fourth-order valence-corrected chi connectivity index (χ4v) is 4.85. The first kappa shape index (κ1) is 36.2. The minimum Gasteiger partial charge on any atom is -0.458 e. The number of hydrogen-bond donors (Lipinski definition) is 2. The minimum absolute atomic E-state index is 0.166. The molecule has 0 saturated heterocycles. The van der Waals surface area contributed by atoms with E-state index >= 15 is 0 Å². The zero-order valence-electron chi connectivity index (χ0n) is 26.9. The normalized spacial score (nSPS) is 13.4. The summed E-state index contributed by atoms with van der Waals surface area (Å²) in [6.45, 7) is 10.4. The van der Waals surface area contributed by atoms with Gasteiger partial charge in [-0.05, 0) is 77.2 Å². The number of likely N-dealkylation sites (N-methyl/N-ethyl adjacent to an activating group) is 1. The predicted molar refractivity (Wildman–Crippen MR) is 174 cm³/mol. The Bertz CT molecular complexity index is 1330. The largest absolute Gasteiger partial charge is 0.458 e. The van der Waals surface area contributed by atoms with E-state index in [4.69, 9.17) is 15.9 Å². The molecule has 2 N–H and O–H groups in total. The molecule has 238 valence electrons. The van der Waals surface area contributed by atoms with Crippen molar-refractivity contribution in [3.63, 3.8) is 0 Å². The first-order chi connectivity index (χ1) is 20.6. The van der Waals surface area contributed by atoms with Gasteiger partial charge in [0.25, 0.3) is 0 Å². The average molecular weight is 624 g/mol. The Kier molecular flexibility index (Phi) is 13.3. The number of esters is 1. The Labute approximate surface area is 265 Å². The Hall–Kier alpha value is -3.97. The van der Waals surface area contributed by atoms with E-state index in [2.05, 4.69) is 16.6 Å². The first-order valence-corrected chi connectivity index (χ1v) is 15.8. The van der Waals surface area contributed by atoms with Gasteiger partial charge >= 0.3 is 12.1 Å². The van der Waals surface area contributed by atoms with Crippen LogP contribution >= 0.6 is 11.8 Å². The summed E-state index contributed by atoms with van der Waals surface area (Å²) in [4.78, 5) is 55.4. The molecule has 3 amide bonds. The summed E-state index contributed by atoms with van der Waals surface area (Å²) in [6.07, 6.45) is 7.40. The number of ether oxygens (including phenoxy) is 2. The molecule has 2 rings (SSSR count). The van der Waals surface area contributed by atoms with Gasteiger partial charge in [-0.15, -0.1) is 6.42 Å². The highest BCUT2D eigenvalue weighted by Crippen LogP contribution is 2.26. The lowest BCUT2D eigenvalue weighted by molar-refractivity contribution is -0.159. The van der Waals surface area contributed by atoms with E-state index in [0.29, 0.717) is 23.3 Å². The Morgan fingerprint density at radius 1 is 0.886 bits per heavy atom. The highest BCUT2D eigenvalue weighted by molar-refractivity contribution is 7.98. The molecule has 0 bridgehead atoms. The van der Waals surface area contributed by atoms with Crippen LogP contribution in [0.15, 0.2) is 54.6 Å². The molecule has 3 atom stereocenters. The number of alkyl carbamates (subject to hydrolysis) is 1. The topological polar surface area (TPSA) is 114 Å². The van der Waals surface area contributed by atoms with Crippen LogP contribution in [0, 0.1) is 12.3 Å². The number of terminal acetylenes is 1. The fraction of sp³-hybridized carbons (Fsp3) is 0.471. The van der Waals surface area contributed by atoms with Crippen LogP contribution in [0.5, 0.6) is 0 Å². The molecule has 2 aromatic rings. The summed E-state index contributed by atoms with van der Waals surface area (Å²) < 4.78 is 11.0. The molecule has 9 nitrogen and oxygen atoms in total. The van der Waals surface area contributed by atoms with E-state index in [1.165, 1.54) is 23.7 Å². The lowest BCUT2D eigenvalue weighted by Gasteiger charge is -2.33. The maximum absolute atomic E-state index is 14.2. The molecular formula is C34H45N3O6S. The van der Waals surface area contributed by atoms with Crippen LogP contribution in [0.1, 0.15) is 70.7 Å². The molecule has 0 aliphatic rings. The van der Waals surface area contributed by atoms with Crippen LogP contribution in [0.25, 0.3) is 0 Å². The van der Waals surface area contributed by atoms with Gasteiger partial charge in [-0.2, -0.15) is 11.8 Å². The smallest absolute Gasteiger partial charge is 0.408 e. The second-order valence-corrected chi connectivity index (χ2v) is 13.3. The average Bonchev–Trinajstić information content (AvgIpc) is 2.93. The molecule has 0 saturated carbocycles. The third-order valence-corrected chi connectivity index (χ3v) is 6.93. The van der Waals surface area contributed by atoms with Crippen molar-refractivity contribution >= 4 is 35.6 Å². The number of carbonyl (C=O) groups excluding carboxylic acids is 4. The molecule has 0 aromatic heterocycles. The summed E-state index contributed by atoms with van der Waals surface area (Å²) in [5, 5.41) is 5.50. The number of nitrogens with one attached hydrogen (secondary N) is 2. The fourth-order valence-electron chi connectivity index (χ4n) is 4.38. The van der Waals surface area contributed by atoms with Gasteiger partial charge in [-0.3, -0.25) is 9.59 Å². The summed E-state index contributed by atoms with van der Waals surface area (Å²) in [5.41, 5.74) is 0.0490. The van der Waals surface area contributed by atoms with Crippen LogP contribution in [-0.4, -0.2) is 71.1 Å². The van der Waals surface area contributed by atoms with E-state index < -0.39 is 53.2 Å². The number of hydrogen-bond acceptors (Lipinski definition) is 7. The van der Waals surface area contributed by atoms with Gasteiger partial charge in [0.2, 0.25) is 11.8 Å². The lowest BCUT2D eigenvalue weighted by atomic mass is 9.97. The zero-order chi connectivity index (χ0) is 33.1. The molecule has 0 aliphatic carbocycles. The van der Waals surface area contributed by atoms with Crippen LogP contribution < -0.4 is 10.6 Å². The summed E-state index contributed by atoms with van der Waals surface area (Å²) >= 11 is 1.51. The molecule has 10 heteroatoms. The summed E-state index contributed by atoms with van der Waals surface area (Å²) in [5.74, 6) is 1.39. The SMILES string of the molecule is C#Cc1ccccc1C(C(=O)NC(Cc1ccccc1)C(=O)OC(C)(C)C)N(C)C(=O)C(CCSC)NC(=O)OC(C)(C)C. The van der Waals surface area contributed by atoms with Crippen LogP contribution in [0.2, 0.25) is 0 Å². The minimum atomic E-state index is -1.23. The van der Waals surface area contributed by atoms with E-state index in [0.717, 1.165) is 5.56 Å². The van der Waals surface area contributed by atoms with Gasteiger partial charge in [-0.1, -0.05) is 54.5 Å². The molecule has 0 aliphatic heterocycles.